The molecule has 0 saturated heterocycles. The molecule has 16 heavy (non-hydrogen) atoms. The molecule has 6 heteroatoms. The van der Waals surface area contributed by atoms with Crippen LogP contribution in [0.3, 0.4) is 0 Å². The summed E-state index contributed by atoms with van der Waals surface area (Å²) in [4.78, 5) is 11.7. The summed E-state index contributed by atoms with van der Waals surface area (Å²) in [6, 6.07) is 0. The number of nitrogens with zero attached hydrogens (tertiary/aromatic N) is 3. The van der Waals surface area contributed by atoms with E-state index in [-0.39, 0.29) is 12.3 Å². The largest absolute Gasteiger partial charge is 0.455 e. The Labute approximate surface area is 94.2 Å². The Morgan fingerprint density at radius 2 is 2.12 bits per heavy atom. The Hall–Kier alpha value is -1.43. The number of hydrogen-bond donors (Lipinski definition) is 1. The SMILES string of the molecule is Cc1c(C(=O)OC(C)(C)C)nnn1CCO. The molecule has 0 amide bonds. The first-order chi connectivity index (χ1) is 7.35. The highest BCUT2D eigenvalue weighted by Gasteiger charge is 2.23. The zero-order valence-electron chi connectivity index (χ0n) is 10.0. The topological polar surface area (TPSA) is 77.2 Å². The highest BCUT2D eigenvalue weighted by molar-refractivity contribution is 5.88. The van der Waals surface area contributed by atoms with E-state index in [0.29, 0.717) is 12.2 Å². The second kappa shape index (κ2) is 4.61. The molecule has 0 bridgehead atoms. The molecule has 0 aliphatic carbocycles. The molecule has 1 aromatic heterocycles. The summed E-state index contributed by atoms with van der Waals surface area (Å²) in [5.74, 6) is -0.491. The van der Waals surface area contributed by atoms with Gasteiger partial charge in [-0.05, 0) is 27.7 Å². The lowest BCUT2D eigenvalue weighted by molar-refractivity contribution is 0.00618. The third kappa shape index (κ3) is 3.03. The quantitative estimate of drug-likeness (QED) is 0.762. The number of hydrogen-bond acceptors (Lipinski definition) is 5. The molecule has 90 valence electrons. The molecule has 0 atom stereocenters. The first kappa shape index (κ1) is 12.6. The van der Waals surface area contributed by atoms with Gasteiger partial charge in [-0.25, -0.2) is 9.48 Å². The van der Waals surface area contributed by atoms with E-state index in [0.717, 1.165) is 0 Å². The van der Waals surface area contributed by atoms with Gasteiger partial charge in [0.05, 0.1) is 18.8 Å². The number of esters is 1. The smallest absolute Gasteiger partial charge is 0.361 e. The fraction of sp³-hybridized carbons (Fsp3) is 0.700. The summed E-state index contributed by atoms with van der Waals surface area (Å²) in [6.07, 6.45) is 0. The fourth-order valence-corrected chi connectivity index (χ4v) is 1.18. The number of rotatable bonds is 3. The second-order valence-electron chi connectivity index (χ2n) is 4.47. The van der Waals surface area contributed by atoms with E-state index in [4.69, 9.17) is 9.84 Å². The molecule has 0 spiro atoms. The van der Waals surface area contributed by atoms with Crippen molar-refractivity contribution in [2.24, 2.45) is 0 Å². The summed E-state index contributed by atoms with van der Waals surface area (Å²) >= 11 is 0. The van der Waals surface area contributed by atoms with Crippen molar-refractivity contribution in [3.8, 4) is 0 Å². The van der Waals surface area contributed by atoms with Gasteiger partial charge in [0.25, 0.3) is 0 Å². The summed E-state index contributed by atoms with van der Waals surface area (Å²) in [5, 5.41) is 16.3. The average Bonchev–Trinajstić information content (AvgIpc) is 2.46. The standard InChI is InChI=1S/C10H17N3O3/c1-7-8(9(15)16-10(2,3)4)11-12-13(7)5-6-14/h14H,5-6H2,1-4H3. The highest BCUT2D eigenvalue weighted by atomic mass is 16.6. The number of carbonyl (C=O) groups is 1. The van der Waals surface area contributed by atoms with E-state index in [2.05, 4.69) is 10.3 Å². The molecule has 0 fully saturated rings. The van der Waals surface area contributed by atoms with Crippen LogP contribution >= 0.6 is 0 Å². The van der Waals surface area contributed by atoms with Gasteiger partial charge < -0.3 is 9.84 Å². The van der Waals surface area contributed by atoms with Crippen LogP contribution in [-0.4, -0.2) is 38.3 Å². The molecular weight excluding hydrogens is 210 g/mol. The molecule has 6 nitrogen and oxygen atoms in total. The zero-order chi connectivity index (χ0) is 12.3. The van der Waals surface area contributed by atoms with Gasteiger partial charge in [0, 0.05) is 0 Å². The number of aliphatic hydroxyl groups is 1. The van der Waals surface area contributed by atoms with E-state index in [9.17, 15) is 4.79 Å². The highest BCUT2D eigenvalue weighted by Crippen LogP contribution is 2.12. The molecule has 0 radical (unpaired) electrons. The van der Waals surface area contributed by atoms with Crippen molar-refractivity contribution in [1.82, 2.24) is 15.0 Å². The molecule has 1 N–H and O–H groups in total. The summed E-state index contributed by atoms with van der Waals surface area (Å²) in [5.41, 5.74) is 0.247. The second-order valence-corrected chi connectivity index (χ2v) is 4.47. The third-order valence-electron chi connectivity index (χ3n) is 1.89. The maximum absolute atomic E-state index is 11.7. The van der Waals surface area contributed by atoms with Gasteiger partial charge in [-0.3, -0.25) is 0 Å². The minimum absolute atomic E-state index is 0.0437. The number of aliphatic hydroxyl groups excluding tert-OH is 1. The van der Waals surface area contributed by atoms with Crippen LogP contribution in [0.25, 0.3) is 0 Å². The maximum Gasteiger partial charge on any atom is 0.361 e. The van der Waals surface area contributed by atoms with Gasteiger partial charge in [0.15, 0.2) is 5.69 Å². The Kier molecular flexibility index (Phi) is 3.64. The van der Waals surface area contributed by atoms with Crippen LogP contribution in [0.15, 0.2) is 0 Å². The van der Waals surface area contributed by atoms with E-state index in [1.807, 2.05) is 0 Å². The molecule has 1 aromatic rings. The van der Waals surface area contributed by atoms with Crippen molar-refractivity contribution in [2.75, 3.05) is 6.61 Å². The van der Waals surface area contributed by atoms with Crippen molar-refractivity contribution in [3.05, 3.63) is 11.4 Å². The molecule has 0 unspecified atom stereocenters. The van der Waals surface area contributed by atoms with E-state index in [1.165, 1.54) is 4.68 Å². The van der Waals surface area contributed by atoms with Crippen LogP contribution in [0.1, 0.15) is 37.0 Å². The van der Waals surface area contributed by atoms with Gasteiger partial charge in [-0.1, -0.05) is 5.21 Å². The average molecular weight is 227 g/mol. The van der Waals surface area contributed by atoms with Crippen molar-refractivity contribution in [2.45, 2.75) is 39.8 Å². The van der Waals surface area contributed by atoms with E-state index >= 15 is 0 Å². The lowest BCUT2D eigenvalue weighted by Crippen LogP contribution is -2.24. The fourth-order valence-electron chi connectivity index (χ4n) is 1.18. The Morgan fingerprint density at radius 3 is 2.62 bits per heavy atom. The lowest BCUT2D eigenvalue weighted by Gasteiger charge is -2.18. The van der Waals surface area contributed by atoms with Crippen LogP contribution in [0, 0.1) is 6.92 Å². The van der Waals surface area contributed by atoms with Gasteiger partial charge in [0.2, 0.25) is 0 Å². The number of aromatic nitrogens is 3. The molecule has 1 rings (SSSR count). The zero-order valence-corrected chi connectivity index (χ0v) is 10.0. The minimum atomic E-state index is -0.551. The maximum atomic E-state index is 11.7. The van der Waals surface area contributed by atoms with Gasteiger partial charge >= 0.3 is 5.97 Å². The molecule has 0 aliphatic heterocycles. The van der Waals surface area contributed by atoms with E-state index in [1.54, 1.807) is 27.7 Å². The minimum Gasteiger partial charge on any atom is -0.455 e. The predicted octanol–water partition coefficient (Wildman–Crippen LogP) is 0.534. The number of carbonyl (C=O) groups excluding carboxylic acids is 1. The van der Waals surface area contributed by atoms with Crippen molar-refractivity contribution < 1.29 is 14.6 Å². The summed E-state index contributed by atoms with van der Waals surface area (Å²) < 4.78 is 6.65. The normalized spacial score (nSPS) is 11.6. The Balaban J connectivity index is 2.84. The van der Waals surface area contributed by atoms with E-state index < -0.39 is 11.6 Å². The molecule has 0 aliphatic rings. The van der Waals surface area contributed by atoms with Crippen LogP contribution in [0.2, 0.25) is 0 Å². The summed E-state index contributed by atoms with van der Waals surface area (Å²) in [7, 11) is 0. The first-order valence-corrected chi connectivity index (χ1v) is 5.09. The predicted molar refractivity (Wildman–Crippen MR) is 57.0 cm³/mol. The van der Waals surface area contributed by atoms with Crippen LogP contribution in [0.5, 0.6) is 0 Å². The third-order valence-corrected chi connectivity index (χ3v) is 1.89. The van der Waals surface area contributed by atoms with Crippen LogP contribution < -0.4 is 0 Å². The van der Waals surface area contributed by atoms with Gasteiger partial charge in [-0.15, -0.1) is 5.10 Å². The van der Waals surface area contributed by atoms with Crippen molar-refractivity contribution in [1.29, 1.82) is 0 Å². The van der Waals surface area contributed by atoms with Crippen molar-refractivity contribution >= 4 is 5.97 Å². The molecular formula is C10H17N3O3. The molecule has 0 saturated carbocycles. The van der Waals surface area contributed by atoms with Crippen molar-refractivity contribution in [3.63, 3.8) is 0 Å². The van der Waals surface area contributed by atoms with Crippen LogP contribution in [-0.2, 0) is 11.3 Å². The molecule has 1 heterocycles. The molecule has 0 aromatic carbocycles. The van der Waals surface area contributed by atoms with Crippen LogP contribution in [0.4, 0.5) is 0 Å². The summed E-state index contributed by atoms with van der Waals surface area (Å²) in [6.45, 7) is 7.36. The first-order valence-electron chi connectivity index (χ1n) is 5.09. The Bertz CT molecular complexity index is 379. The van der Waals surface area contributed by atoms with Gasteiger partial charge in [-0.2, -0.15) is 0 Å². The monoisotopic (exact) mass is 227 g/mol. The Morgan fingerprint density at radius 1 is 1.50 bits per heavy atom. The van der Waals surface area contributed by atoms with Gasteiger partial charge in [0.1, 0.15) is 5.60 Å². The lowest BCUT2D eigenvalue weighted by atomic mass is 10.2. The number of ether oxygens (including phenoxy) is 1.